The van der Waals surface area contributed by atoms with Crippen molar-refractivity contribution < 1.29 is 20.9 Å². The van der Waals surface area contributed by atoms with Gasteiger partial charge in [-0.3, -0.25) is 0 Å². The molecule has 0 aromatic carbocycles. The standard InChI is InChI=1S/C4H9.3C3H8N.HN.Ta/c1-4(2)3;3*1-2-3-4;;/h1-3H3;3*4H,2-3H2,1H3;1H;/q4*-1;;. The quantitative estimate of drug-likeness (QED) is 0.515. The number of nitrogens with one attached hydrogen (secondary N) is 4. The zero-order chi connectivity index (χ0) is 15.8. The van der Waals surface area contributed by atoms with Crippen LogP contribution >= 0.6 is 0 Å². The summed E-state index contributed by atoms with van der Waals surface area (Å²) >= 11 is 0.694. The molecule has 0 amide bonds. The van der Waals surface area contributed by atoms with E-state index < -0.39 is 0 Å². The minimum atomic E-state index is 0.569. The Labute approximate surface area is 128 Å². The van der Waals surface area contributed by atoms with Gasteiger partial charge >= 0.3 is 24.6 Å². The summed E-state index contributed by atoms with van der Waals surface area (Å²) in [4.78, 5) is 0. The van der Waals surface area contributed by atoms with Crippen LogP contribution in [0.4, 0.5) is 0 Å². The summed E-state index contributed by atoms with van der Waals surface area (Å²) in [5.41, 5.74) is 19.4. The van der Waals surface area contributed by atoms with Gasteiger partial charge in [0.05, 0.1) is 0 Å². The Hall–Kier alpha value is 0.420. The van der Waals surface area contributed by atoms with Gasteiger partial charge < -0.3 is 23.1 Å². The van der Waals surface area contributed by atoms with Gasteiger partial charge in [-0.25, -0.2) is 0 Å². The molecule has 115 valence electrons. The first-order chi connectivity index (χ1) is 8.47. The zero-order valence-electron chi connectivity index (χ0n) is 13.2. The van der Waals surface area contributed by atoms with Crippen LogP contribution in [0.25, 0.3) is 17.2 Å². The molecule has 18 heavy (non-hydrogen) atoms. The first kappa shape index (κ1) is 31.0. The van der Waals surface area contributed by atoms with E-state index in [1.807, 2.05) is 20.8 Å². The van der Waals surface area contributed by atoms with Crippen molar-refractivity contribution in [3.05, 3.63) is 23.1 Å². The van der Waals surface area contributed by atoms with Gasteiger partial charge in [-0.1, -0.05) is 40.0 Å². The van der Waals surface area contributed by atoms with E-state index in [0.29, 0.717) is 40.5 Å². The Morgan fingerprint density at radius 3 is 0.778 bits per heavy atom. The molecule has 0 spiro atoms. The molecule has 0 rings (SSSR count). The average molecular weight is 427 g/mol. The third kappa shape index (κ3) is 334. The van der Waals surface area contributed by atoms with Gasteiger partial charge in [0.25, 0.3) is 0 Å². The van der Waals surface area contributed by atoms with E-state index >= 15 is 0 Å². The Kier molecular flexibility index (Phi) is 91.3. The van der Waals surface area contributed by atoms with Crippen LogP contribution in [0.2, 0.25) is 0 Å². The molecule has 0 saturated heterocycles. The van der Waals surface area contributed by atoms with E-state index in [1.165, 1.54) is 5.92 Å². The predicted octanol–water partition coefficient (Wildman–Crippen LogP) is 6.26. The molecule has 0 heterocycles. The molecular weight excluding hydrogens is 393 g/mol. The molecule has 5 heteroatoms. The van der Waals surface area contributed by atoms with Gasteiger partial charge in [-0.2, -0.15) is 40.4 Å². The van der Waals surface area contributed by atoms with Crippen LogP contribution < -0.4 is 0 Å². The summed E-state index contributed by atoms with van der Waals surface area (Å²) in [6, 6.07) is 0. The van der Waals surface area contributed by atoms with Crippen LogP contribution in [-0.2, 0) is 20.9 Å². The Morgan fingerprint density at radius 2 is 0.778 bits per heavy atom. The van der Waals surface area contributed by atoms with Crippen LogP contribution in [0.15, 0.2) is 0 Å². The molecule has 4 N–H and O–H groups in total. The van der Waals surface area contributed by atoms with Crippen molar-refractivity contribution in [2.75, 3.05) is 19.6 Å². The molecule has 0 fully saturated rings. The van der Waals surface area contributed by atoms with Crippen LogP contribution in [0.1, 0.15) is 60.8 Å². The first-order valence-corrected chi connectivity index (χ1v) is 8.01. The van der Waals surface area contributed by atoms with Crippen molar-refractivity contribution in [1.82, 2.24) is 0 Å². The fourth-order valence-electron chi connectivity index (χ4n) is 0. The second-order valence-corrected chi connectivity index (χ2v) is 3.75. The Morgan fingerprint density at radius 1 is 0.722 bits per heavy atom. The molecular formula is C13H34N4Ta-4. The molecule has 0 atom stereocenters. The van der Waals surface area contributed by atoms with Gasteiger partial charge in [0.15, 0.2) is 0 Å². The first-order valence-electron chi connectivity index (χ1n) is 6.41. The predicted molar refractivity (Wildman–Crippen MR) is 81.4 cm³/mol. The minimum absolute atomic E-state index is 0.569. The average Bonchev–Trinajstić information content (AvgIpc) is 2.40. The molecule has 0 unspecified atom stereocenters. The van der Waals surface area contributed by atoms with Crippen molar-refractivity contribution in [2.24, 2.45) is 0 Å². The maximum absolute atomic E-state index is 6.45. The second kappa shape index (κ2) is 52.9. The Balaban J connectivity index is -0.0000000399. The summed E-state index contributed by atoms with van der Waals surface area (Å²) in [5.74, 6) is 1.42. The second-order valence-electron chi connectivity index (χ2n) is 3.75. The van der Waals surface area contributed by atoms with Crippen LogP contribution in [0, 0.1) is 9.67 Å². The monoisotopic (exact) mass is 427 g/mol. The number of rotatable bonds is 3. The number of hydrogen-bond acceptors (Lipinski definition) is 1. The number of hydrogen-bond donors (Lipinski definition) is 1. The summed E-state index contributed by atoms with van der Waals surface area (Å²) in [7, 11) is 0. The maximum atomic E-state index is 6.45. The molecule has 0 aromatic heterocycles. The third-order valence-corrected chi connectivity index (χ3v) is 0.750. The van der Waals surface area contributed by atoms with Gasteiger partial charge in [0.2, 0.25) is 0 Å². The van der Waals surface area contributed by atoms with Gasteiger partial charge in [0, 0.05) is 0 Å². The van der Waals surface area contributed by atoms with Crippen molar-refractivity contribution in [3.63, 3.8) is 0 Å². The molecule has 0 bridgehead atoms. The van der Waals surface area contributed by atoms with E-state index in [9.17, 15) is 0 Å². The van der Waals surface area contributed by atoms with E-state index in [2.05, 4.69) is 20.8 Å². The summed E-state index contributed by atoms with van der Waals surface area (Å²) < 4.78 is 5.86. The summed E-state index contributed by atoms with van der Waals surface area (Å²) in [6.07, 6.45) is 2.96. The topological polar surface area (TPSA) is 95.2 Å². The molecule has 0 saturated carbocycles. The van der Waals surface area contributed by atoms with Crippen molar-refractivity contribution in [3.8, 4) is 0 Å². The molecule has 4 nitrogen and oxygen atoms in total. The fourth-order valence-corrected chi connectivity index (χ4v) is 0. The molecule has 0 aromatic rings. The summed E-state index contributed by atoms with van der Waals surface area (Å²) in [6.45, 7) is 13.9. The van der Waals surface area contributed by atoms with E-state index in [0.717, 1.165) is 19.3 Å². The van der Waals surface area contributed by atoms with E-state index in [1.54, 1.807) is 0 Å². The van der Waals surface area contributed by atoms with Gasteiger partial charge in [-0.05, 0) is 0 Å². The SMILES string of the molecule is CCC[NH-].CCC[NH-].CCC[NH-].C[C-](C)C.[NH]=[Ta]. The molecule has 0 aliphatic carbocycles. The van der Waals surface area contributed by atoms with E-state index in [-0.39, 0.29) is 0 Å². The van der Waals surface area contributed by atoms with Crippen LogP contribution in [0.3, 0.4) is 0 Å². The third-order valence-electron chi connectivity index (χ3n) is 0.750. The van der Waals surface area contributed by atoms with Crippen LogP contribution in [-0.4, -0.2) is 19.6 Å². The van der Waals surface area contributed by atoms with Gasteiger partial charge in [0.1, 0.15) is 0 Å². The van der Waals surface area contributed by atoms with E-state index in [4.69, 9.17) is 21.0 Å². The van der Waals surface area contributed by atoms with Crippen molar-refractivity contribution >= 4 is 0 Å². The molecule has 0 aliphatic rings. The van der Waals surface area contributed by atoms with Gasteiger partial charge in [-0.15, -0.1) is 0 Å². The Bertz CT molecular complexity index is 65.1. The molecule has 0 aliphatic heterocycles. The van der Waals surface area contributed by atoms with Crippen molar-refractivity contribution in [1.29, 1.82) is 3.76 Å². The van der Waals surface area contributed by atoms with Crippen LogP contribution in [0.5, 0.6) is 0 Å². The fraction of sp³-hybridized carbons (Fsp3) is 0.923. The normalized spacial score (nSPS) is 7.17. The zero-order valence-corrected chi connectivity index (χ0v) is 16.4. The van der Waals surface area contributed by atoms with Crippen molar-refractivity contribution in [2.45, 2.75) is 60.8 Å². The summed E-state index contributed by atoms with van der Waals surface area (Å²) in [5, 5.41) is 0. The molecule has 0 radical (unpaired) electrons.